The van der Waals surface area contributed by atoms with E-state index < -0.39 is 11.9 Å². The number of amides is 3. The number of aromatic nitrogens is 1. The Morgan fingerprint density at radius 1 is 1.44 bits per heavy atom. The first kappa shape index (κ1) is 12.1. The molecular formula is C10H14N4O2. The van der Waals surface area contributed by atoms with E-state index in [1.54, 1.807) is 12.4 Å². The van der Waals surface area contributed by atoms with Crippen LogP contribution in [-0.4, -0.2) is 23.5 Å². The maximum atomic E-state index is 11.1. The van der Waals surface area contributed by atoms with Gasteiger partial charge in [-0.2, -0.15) is 0 Å². The van der Waals surface area contributed by atoms with E-state index in [4.69, 9.17) is 5.73 Å². The van der Waals surface area contributed by atoms with Crippen molar-refractivity contribution >= 4 is 11.9 Å². The summed E-state index contributed by atoms with van der Waals surface area (Å²) in [5.41, 5.74) is 5.82. The number of hydrogen-bond acceptors (Lipinski definition) is 4. The Morgan fingerprint density at radius 3 is 2.62 bits per heavy atom. The molecule has 0 radical (unpaired) electrons. The van der Waals surface area contributed by atoms with Gasteiger partial charge in [0.05, 0.1) is 6.54 Å². The first-order chi connectivity index (χ1) is 7.59. The number of nitrogens with zero attached hydrogens (tertiary/aromatic N) is 1. The van der Waals surface area contributed by atoms with Crippen molar-refractivity contribution in [3.8, 4) is 0 Å². The number of rotatable bonds is 4. The van der Waals surface area contributed by atoms with E-state index in [2.05, 4.69) is 10.3 Å². The second-order valence-electron chi connectivity index (χ2n) is 3.30. The highest BCUT2D eigenvalue weighted by molar-refractivity contribution is 5.94. The van der Waals surface area contributed by atoms with Gasteiger partial charge in [0.25, 0.3) is 0 Å². The number of hydrogen-bond donors (Lipinski definition) is 3. The van der Waals surface area contributed by atoms with Crippen LogP contribution in [0.1, 0.15) is 18.5 Å². The van der Waals surface area contributed by atoms with Crippen molar-refractivity contribution in [1.29, 1.82) is 0 Å². The first-order valence-corrected chi connectivity index (χ1v) is 4.82. The van der Waals surface area contributed by atoms with Gasteiger partial charge in [-0.3, -0.25) is 15.1 Å². The van der Waals surface area contributed by atoms with Gasteiger partial charge in [0, 0.05) is 18.4 Å². The fourth-order valence-corrected chi connectivity index (χ4v) is 1.20. The van der Waals surface area contributed by atoms with E-state index >= 15 is 0 Å². The number of imide groups is 1. The monoisotopic (exact) mass is 222 g/mol. The molecule has 0 fully saturated rings. The average molecular weight is 222 g/mol. The largest absolute Gasteiger partial charge is 0.351 e. The lowest BCUT2D eigenvalue weighted by atomic mass is 10.1. The van der Waals surface area contributed by atoms with Gasteiger partial charge < -0.3 is 11.1 Å². The van der Waals surface area contributed by atoms with Crippen LogP contribution in [0.3, 0.4) is 0 Å². The predicted molar refractivity (Wildman–Crippen MR) is 58.4 cm³/mol. The van der Waals surface area contributed by atoms with Crippen LogP contribution in [0.25, 0.3) is 0 Å². The van der Waals surface area contributed by atoms with E-state index in [9.17, 15) is 9.59 Å². The van der Waals surface area contributed by atoms with E-state index in [1.807, 2.05) is 24.4 Å². The van der Waals surface area contributed by atoms with Gasteiger partial charge in [-0.1, -0.05) is 0 Å². The molecule has 0 aliphatic carbocycles. The number of urea groups is 1. The van der Waals surface area contributed by atoms with Crippen LogP contribution in [0.15, 0.2) is 24.5 Å². The van der Waals surface area contributed by atoms with Crippen molar-refractivity contribution in [3.63, 3.8) is 0 Å². The van der Waals surface area contributed by atoms with E-state index in [0.717, 1.165) is 5.56 Å². The van der Waals surface area contributed by atoms with E-state index in [0.29, 0.717) is 0 Å². The van der Waals surface area contributed by atoms with Crippen LogP contribution < -0.4 is 16.4 Å². The first-order valence-electron chi connectivity index (χ1n) is 4.82. The summed E-state index contributed by atoms with van der Waals surface area (Å²) in [6, 6.07) is 2.86. The van der Waals surface area contributed by atoms with Crippen LogP contribution in [0.5, 0.6) is 0 Å². The minimum absolute atomic E-state index is 0.00151. The number of nitrogens with one attached hydrogen (secondary N) is 2. The molecule has 1 aromatic rings. The quantitative estimate of drug-likeness (QED) is 0.664. The van der Waals surface area contributed by atoms with Gasteiger partial charge in [0.15, 0.2) is 0 Å². The lowest BCUT2D eigenvalue weighted by Crippen LogP contribution is -2.41. The van der Waals surface area contributed by atoms with Crippen molar-refractivity contribution in [1.82, 2.24) is 15.6 Å². The number of carbonyl (C=O) groups is 2. The second-order valence-corrected chi connectivity index (χ2v) is 3.30. The normalized spacial score (nSPS) is 11.8. The molecular weight excluding hydrogens is 208 g/mol. The summed E-state index contributed by atoms with van der Waals surface area (Å²) >= 11 is 0. The fraction of sp³-hybridized carbons (Fsp3) is 0.300. The van der Waals surface area contributed by atoms with Gasteiger partial charge in [-0.25, -0.2) is 4.79 Å². The molecule has 86 valence electrons. The van der Waals surface area contributed by atoms with Gasteiger partial charge in [0.1, 0.15) is 0 Å². The lowest BCUT2D eigenvalue weighted by Gasteiger charge is -2.12. The van der Waals surface area contributed by atoms with Crippen molar-refractivity contribution in [2.24, 2.45) is 5.73 Å². The minimum Gasteiger partial charge on any atom is -0.351 e. The molecule has 16 heavy (non-hydrogen) atoms. The van der Waals surface area contributed by atoms with E-state index in [1.165, 1.54) is 0 Å². The van der Waals surface area contributed by atoms with Gasteiger partial charge in [0.2, 0.25) is 5.91 Å². The zero-order valence-corrected chi connectivity index (χ0v) is 8.93. The molecule has 0 saturated carbocycles. The van der Waals surface area contributed by atoms with Crippen LogP contribution in [-0.2, 0) is 4.79 Å². The summed E-state index contributed by atoms with van der Waals surface area (Å²) < 4.78 is 0. The molecule has 0 spiro atoms. The number of pyridine rings is 1. The Balaban J connectivity index is 2.39. The molecule has 3 amide bonds. The Bertz CT molecular complexity index is 366. The molecule has 6 nitrogen and oxygen atoms in total. The number of carbonyl (C=O) groups excluding carboxylic acids is 2. The van der Waals surface area contributed by atoms with Gasteiger partial charge >= 0.3 is 6.03 Å². The minimum atomic E-state index is -0.844. The van der Waals surface area contributed by atoms with Crippen molar-refractivity contribution < 1.29 is 9.59 Å². The number of primary amides is 1. The standard InChI is InChI=1S/C10H14N4O2/c1-7(8-2-4-12-5-3-8)13-6-9(15)14-10(11)16/h2-5,7,13H,6H2,1H3,(H3,11,14,15,16). The lowest BCUT2D eigenvalue weighted by molar-refractivity contribution is -0.119. The zero-order valence-electron chi connectivity index (χ0n) is 8.93. The molecule has 1 unspecified atom stereocenters. The summed E-state index contributed by atoms with van der Waals surface area (Å²) in [6.07, 6.45) is 3.36. The molecule has 0 saturated heterocycles. The van der Waals surface area contributed by atoms with Crippen molar-refractivity contribution in [2.75, 3.05) is 6.54 Å². The smallest absolute Gasteiger partial charge is 0.318 e. The molecule has 0 bridgehead atoms. The van der Waals surface area contributed by atoms with Crippen LogP contribution in [0.2, 0.25) is 0 Å². The Morgan fingerprint density at radius 2 is 2.06 bits per heavy atom. The summed E-state index contributed by atoms with van der Waals surface area (Å²) in [6.45, 7) is 1.94. The maximum absolute atomic E-state index is 11.1. The van der Waals surface area contributed by atoms with Gasteiger partial charge in [-0.05, 0) is 24.6 Å². The van der Waals surface area contributed by atoms with E-state index in [-0.39, 0.29) is 12.6 Å². The van der Waals surface area contributed by atoms with Crippen LogP contribution in [0, 0.1) is 0 Å². The molecule has 0 aromatic carbocycles. The highest BCUT2D eigenvalue weighted by Gasteiger charge is 2.08. The Kier molecular flexibility index (Phi) is 4.41. The molecule has 1 atom stereocenters. The molecule has 1 heterocycles. The molecule has 1 aromatic heterocycles. The van der Waals surface area contributed by atoms with Crippen molar-refractivity contribution in [3.05, 3.63) is 30.1 Å². The number of nitrogens with two attached hydrogens (primary N) is 1. The second kappa shape index (κ2) is 5.82. The third-order valence-corrected chi connectivity index (χ3v) is 2.04. The molecule has 0 aliphatic rings. The third-order valence-electron chi connectivity index (χ3n) is 2.04. The zero-order chi connectivity index (χ0) is 12.0. The third kappa shape index (κ3) is 4.05. The van der Waals surface area contributed by atoms with Crippen molar-refractivity contribution in [2.45, 2.75) is 13.0 Å². The summed E-state index contributed by atoms with van der Waals surface area (Å²) in [4.78, 5) is 25.4. The van der Waals surface area contributed by atoms with Gasteiger partial charge in [-0.15, -0.1) is 0 Å². The predicted octanol–water partition coefficient (Wildman–Crippen LogP) is -0.0729. The van der Waals surface area contributed by atoms with Crippen LogP contribution in [0.4, 0.5) is 4.79 Å². The highest BCUT2D eigenvalue weighted by atomic mass is 16.2. The maximum Gasteiger partial charge on any atom is 0.318 e. The topological polar surface area (TPSA) is 97.1 Å². The molecule has 4 N–H and O–H groups in total. The molecule has 0 aliphatic heterocycles. The highest BCUT2D eigenvalue weighted by Crippen LogP contribution is 2.09. The van der Waals surface area contributed by atoms with Crippen LogP contribution >= 0.6 is 0 Å². The Hall–Kier alpha value is -1.95. The summed E-state index contributed by atoms with van der Waals surface area (Å²) in [5.74, 6) is -0.451. The summed E-state index contributed by atoms with van der Waals surface area (Å²) in [7, 11) is 0. The fourth-order valence-electron chi connectivity index (χ4n) is 1.20. The molecule has 6 heteroatoms. The SMILES string of the molecule is CC(NCC(=O)NC(N)=O)c1ccncc1. The Labute approximate surface area is 93.2 Å². The average Bonchev–Trinajstić information content (AvgIpc) is 2.26. The summed E-state index contributed by atoms with van der Waals surface area (Å²) in [5, 5.41) is 4.93. The molecule has 1 rings (SSSR count).